The molecule has 2 fully saturated rings. The normalized spacial score (nSPS) is 23.5. The number of anilines is 1. The fraction of sp³-hybridized carbons (Fsp3) is 0.667. The summed E-state index contributed by atoms with van der Waals surface area (Å²) in [6.45, 7) is 3.14. The number of ether oxygens (including phenoxy) is 2. The first-order valence-corrected chi connectivity index (χ1v) is 7.77. The van der Waals surface area contributed by atoms with Crippen LogP contribution in [0.3, 0.4) is 0 Å². The lowest BCUT2D eigenvalue weighted by Crippen LogP contribution is -2.43. The molecule has 2 aliphatic heterocycles. The van der Waals surface area contributed by atoms with E-state index in [1.54, 1.807) is 12.4 Å². The molecular weight excluding hydrogens is 284 g/mol. The third-order valence-corrected chi connectivity index (χ3v) is 4.28. The summed E-state index contributed by atoms with van der Waals surface area (Å²) in [5.74, 6) is 0.984. The fourth-order valence-electron chi connectivity index (χ4n) is 2.98. The Bertz CT molecular complexity index is 519. The number of hydrogen-bond donors (Lipinski definition) is 1. The maximum absolute atomic E-state index is 12.5. The van der Waals surface area contributed by atoms with Crippen molar-refractivity contribution in [1.82, 2.24) is 14.9 Å². The van der Waals surface area contributed by atoms with Gasteiger partial charge in [-0.2, -0.15) is 0 Å². The van der Waals surface area contributed by atoms with Gasteiger partial charge in [0, 0.05) is 38.6 Å². The standard InChI is InChI=1S/C15H22N4O3/c16-15-14(17-3-4-18-15)12-10-19(5-8-22-12)13(20)9-11-1-6-21-7-2-11/h3-4,11-12H,1-2,5-10H2,(H2,16,18)/t12-/m1/s1. The van der Waals surface area contributed by atoms with E-state index in [0.717, 1.165) is 26.1 Å². The van der Waals surface area contributed by atoms with Crippen molar-refractivity contribution in [3.63, 3.8) is 0 Å². The lowest BCUT2D eigenvalue weighted by atomic mass is 9.96. The van der Waals surface area contributed by atoms with E-state index in [1.807, 2.05) is 4.90 Å². The van der Waals surface area contributed by atoms with Gasteiger partial charge in [-0.3, -0.25) is 9.78 Å². The Balaban J connectivity index is 1.60. The lowest BCUT2D eigenvalue weighted by Gasteiger charge is -2.34. The van der Waals surface area contributed by atoms with Gasteiger partial charge in [-0.15, -0.1) is 0 Å². The molecule has 2 saturated heterocycles. The summed E-state index contributed by atoms with van der Waals surface area (Å²) in [5.41, 5.74) is 6.47. The van der Waals surface area contributed by atoms with Gasteiger partial charge in [0.05, 0.1) is 13.2 Å². The molecule has 0 spiro atoms. The topological polar surface area (TPSA) is 90.6 Å². The number of nitrogens with zero attached hydrogens (tertiary/aromatic N) is 3. The molecule has 0 radical (unpaired) electrons. The zero-order chi connectivity index (χ0) is 15.4. The summed E-state index contributed by atoms with van der Waals surface area (Å²) in [4.78, 5) is 22.6. The fourth-order valence-corrected chi connectivity index (χ4v) is 2.98. The number of amides is 1. The van der Waals surface area contributed by atoms with Gasteiger partial charge in [-0.1, -0.05) is 0 Å². The third-order valence-electron chi connectivity index (χ3n) is 4.28. The molecule has 120 valence electrons. The summed E-state index contributed by atoms with van der Waals surface area (Å²) in [6.07, 6.45) is 5.38. The van der Waals surface area contributed by atoms with Crippen LogP contribution in [0.5, 0.6) is 0 Å². The molecule has 0 bridgehead atoms. The van der Waals surface area contributed by atoms with Gasteiger partial charge < -0.3 is 20.1 Å². The molecule has 0 unspecified atom stereocenters. The second-order valence-electron chi connectivity index (χ2n) is 5.79. The van der Waals surface area contributed by atoms with Gasteiger partial charge in [-0.05, 0) is 18.8 Å². The van der Waals surface area contributed by atoms with Crippen molar-refractivity contribution in [1.29, 1.82) is 0 Å². The summed E-state index contributed by atoms with van der Waals surface area (Å²) in [6, 6.07) is 0. The number of carbonyl (C=O) groups excluding carboxylic acids is 1. The smallest absolute Gasteiger partial charge is 0.223 e. The van der Waals surface area contributed by atoms with Crippen LogP contribution in [-0.2, 0) is 14.3 Å². The van der Waals surface area contributed by atoms with E-state index in [-0.39, 0.29) is 12.0 Å². The van der Waals surface area contributed by atoms with Crippen molar-refractivity contribution >= 4 is 11.7 Å². The Kier molecular flexibility index (Phi) is 4.84. The van der Waals surface area contributed by atoms with E-state index in [9.17, 15) is 4.79 Å². The van der Waals surface area contributed by atoms with Crippen molar-refractivity contribution in [2.75, 3.05) is 38.6 Å². The van der Waals surface area contributed by atoms with Gasteiger partial charge in [0.1, 0.15) is 17.6 Å². The van der Waals surface area contributed by atoms with E-state index in [1.165, 1.54) is 0 Å². The number of nitrogen functional groups attached to an aromatic ring is 1. The molecule has 0 aromatic carbocycles. The minimum atomic E-state index is -0.291. The maximum atomic E-state index is 12.5. The third kappa shape index (κ3) is 3.53. The summed E-state index contributed by atoms with van der Waals surface area (Å²) in [5, 5.41) is 0. The molecular formula is C15H22N4O3. The zero-order valence-corrected chi connectivity index (χ0v) is 12.6. The highest BCUT2D eigenvalue weighted by atomic mass is 16.5. The predicted molar refractivity (Wildman–Crippen MR) is 79.9 cm³/mol. The Labute approximate surface area is 129 Å². The van der Waals surface area contributed by atoms with Crippen LogP contribution >= 0.6 is 0 Å². The average Bonchev–Trinajstić information content (AvgIpc) is 2.56. The molecule has 7 nitrogen and oxygen atoms in total. The van der Waals surface area contributed by atoms with Crippen LogP contribution in [0.25, 0.3) is 0 Å². The van der Waals surface area contributed by atoms with Gasteiger partial charge in [0.2, 0.25) is 5.91 Å². The second kappa shape index (κ2) is 7.02. The Morgan fingerprint density at radius 3 is 2.82 bits per heavy atom. The van der Waals surface area contributed by atoms with E-state index in [0.29, 0.717) is 43.5 Å². The quantitative estimate of drug-likeness (QED) is 0.887. The molecule has 3 rings (SSSR count). The highest BCUT2D eigenvalue weighted by molar-refractivity contribution is 5.76. The van der Waals surface area contributed by atoms with Crippen LogP contribution in [0.4, 0.5) is 5.82 Å². The number of carbonyl (C=O) groups is 1. The van der Waals surface area contributed by atoms with Gasteiger partial charge >= 0.3 is 0 Å². The largest absolute Gasteiger partial charge is 0.382 e. The highest BCUT2D eigenvalue weighted by Crippen LogP contribution is 2.25. The number of nitrogens with two attached hydrogens (primary N) is 1. The first-order chi connectivity index (χ1) is 10.7. The number of rotatable bonds is 3. The van der Waals surface area contributed by atoms with Crippen LogP contribution in [0.15, 0.2) is 12.4 Å². The van der Waals surface area contributed by atoms with Crippen molar-refractivity contribution < 1.29 is 14.3 Å². The Hall–Kier alpha value is -1.73. The lowest BCUT2D eigenvalue weighted by molar-refractivity contribution is -0.140. The second-order valence-corrected chi connectivity index (χ2v) is 5.79. The maximum Gasteiger partial charge on any atom is 0.223 e. The Morgan fingerprint density at radius 2 is 2.05 bits per heavy atom. The van der Waals surface area contributed by atoms with Crippen molar-refractivity contribution in [3.05, 3.63) is 18.1 Å². The van der Waals surface area contributed by atoms with Gasteiger partial charge in [0.25, 0.3) is 0 Å². The van der Waals surface area contributed by atoms with E-state index < -0.39 is 0 Å². The number of aromatic nitrogens is 2. The first kappa shape index (κ1) is 15.2. The molecule has 1 aromatic heterocycles. The predicted octanol–water partition coefficient (Wildman–Crippen LogP) is 0.775. The number of hydrogen-bond acceptors (Lipinski definition) is 6. The average molecular weight is 306 g/mol. The minimum absolute atomic E-state index is 0.183. The van der Waals surface area contributed by atoms with E-state index in [4.69, 9.17) is 15.2 Å². The molecule has 1 atom stereocenters. The van der Waals surface area contributed by atoms with Crippen LogP contribution < -0.4 is 5.73 Å². The van der Waals surface area contributed by atoms with E-state index in [2.05, 4.69) is 9.97 Å². The van der Waals surface area contributed by atoms with Crippen molar-refractivity contribution in [2.24, 2.45) is 5.92 Å². The number of morpholine rings is 1. The van der Waals surface area contributed by atoms with Gasteiger partial charge in [0.15, 0.2) is 0 Å². The summed E-state index contributed by atoms with van der Waals surface area (Å²) < 4.78 is 11.1. The molecule has 0 aliphatic carbocycles. The monoisotopic (exact) mass is 306 g/mol. The highest BCUT2D eigenvalue weighted by Gasteiger charge is 2.29. The molecule has 1 amide bonds. The van der Waals surface area contributed by atoms with Gasteiger partial charge in [-0.25, -0.2) is 4.98 Å². The van der Waals surface area contributed by atoms with Crippen molar-refractivity contribution in [2.45, 2.75) is 25.4 Å². The zero-order valence-electron chi connectivity index (χ0n) is 12.6. The van der Waals surface area contributed by atoms with Crippen LogP contribution in [0.2, 0.25) is 0 Å². The molecule has 3 heterocycles. The van der Waals surface area contributed by atoms with Crippen LogP contribution in [-0.4, -0.2) is 53.7 Å². The summed E-state index contributed by atoms with van der Waals surface area (Å²) >= 11 is 0. The molecule has 0 saturated carbocycles. The molecule has 2 aliphatic rings. The molecule has 2 N–H and O–H groups in total. The van der Waals surface area contributed by atoms with E-state index >= 15 is 0 Å². The molecule has 1 aromatic rings. The van der Waals surface area contributed by atoms with Crippen LogP contribution in [0, 0.1) is 5.92 Å². The molecule has 7 heteroatoms. The molecule has 22 heavy (non-hydrogen) atoms. The van der Waals surface area contributed by atoms with Crippen LogP contribution in [0.1, 0.15) is 31.1 Å². The SMILES string of the molecule is Nc1nccnc1[C@H]1CN(C(=O)CC2CCOCC2)CCO1. The Morgan fingerprint density at radius 1 is 1.27 bits per heavy atom. The summed E-state index contributed by atoms with van der Waals surface area (Å²) in [7, 11) is 0. The minimum Gasteiger partial charge on any atom is -0.382 e. The van der Waals surface area contributed by atoms with Crippen molar-refractivity contribution in [3.8, 4) is 0 Å². The first-order valence-electron chi connectivity index (χ1n) is 7.77.